The van der Waals surface area contributed by atoms with Gasteiger partial charge >= 0.3 is 0 Å². The summed E-state index contributed by atoms with van der Waals surface area (Å²) >= 11 is 0. The lowest BCUT2D eigenvalue weighted by Crippen LogP contribution is -2.31. The zero-order valence-corrected chi connectivity index (χ0v) is 12.4. The van der Waals surface area contributed by atoms with Gasteiger partial charge in [0, 0.05) is 30.9 Å². The summed E-state index contributed by atoms with van der Waals surface area (Å²) in [5.74, 6) is 0.0756. The quantitative estimate of drug-likeness (QED) is 0.779. The van der Waals surface area contributed by atoms with Crippen molar-refractivity contribution in [2.24, 2.45) is 7.05 Å². The van der Waals surface area contributed by atoms with E-state index in [0.29, 0.717) is 6.54 Å². The fraction of sp³-hybridized carbons (Fsp3) is 0.727. The van der Waals surface area contributed by atoms with Crippen LogP contribution in [0.1, 0.15) is 29.9 Å². The summed E-state index contributed by atoms with van der Waals surface area (Å²) in [5, 5.41) is 7.56. The number of hydrogen-bond acceptors (Lipinski definition) is 4. The molecule has 0 saturated heterocycles. The predicted molar refractivity (Wildman–Crippen MR) is 71.9 cm³/mol. The first-order valence-electron chi connectivity index (χ1n) is 5.93. The first kappa shape index (κ1) is 15.1. The Balaban J connectivity index is 2.64. The van der Waals surface area contributed by atoms with Gasteiger partial charge in [0.05, 0.1) is 11.4 Å². The van der Waals surface area contributed by atoms with Crippen LogP contribution in [-0.2, 0) is 17.1 Å². The number of rotatable bonds is 6. The molecule has 6 nitrogen and oxygen atoms in total. The molecule has 0 aliphatic rings. The van der Waals surface area contributed by atoms with Gasteiger partial charge in [-0.05, 0) is 27.8 Å². The van der Waals surface area contributed by atoms with E-state index in [4.69, 9.17) is 0 Å². The van der Waals surface area contributed by atoms with Crippen LogP contribution in [0.2, 0.25) is 0 Å². The zero-order valence-electron chi connectivity index (χ0n) is 11.6. The van der Waals surface area contributed by atoms with E-state index in [1.54, 1.807) is 0 Å². The van der Waals surface area contributed by atoms with Crippen LogP contribution in [0.15, 0.2) is 0 Å². The van der Waals surface area contributed by atoms with E-state index in [-0.39, 0.29) is 11.8 Å². The molecule has 1 atom stereocenters. The molecule has 1 rings (SSSR count). The van der Waals surface area contributed by atoms with Gasteiger partial charge in [-0.2, -0.15) is 5.10 Å². The van der Waals surface area contributed by atoms with Crippen LogP contribution in [0.4, 0.5) is 0 Å². The van der Waals surface area contributed by atoms with Crippen LogP contribution in [0, 0.1) is 13.8 Å². The zero-order chi connectivity index (χ0) is 13.9. The lowest BCUT2D eigenvalue weighted by Gasteiger charge is -2.14. The van der Waals surface area contributed by atoms with Crippen LogP contribution in [0.25, 0.3) is 0 Å². The van der Waals surface area contributed by atoms with Crippen LogP contribution >= 0.6 is 0 Å². The fourth-order valence-electron chi connectivity index (χ4n) is 2.03. The summed E-state index contributed by atoms with van der Waals surface area (Å²) in [4.78, 5) is 0. The second-order valence-electron chi connectivity index (χ2n) is 4.41. The maximum absolute atomic E-state index is 11.3. The Morgan fingerprint density at radius 2 is 2.00 bits per heavy atom. The van der Waals surface area contributed by atoms with E-state index < -0.39 is 10.0 Å². The second-order valence-corrected chi connectivity index (χ2v) is 6.45. The molecule has 104 valence electrons. The molecule has 1 heterocycles. The summed E-state index contributed by atoms with van der Waals surface area (Å²) < 4.78 is 26.7. The van der Waals surface area contributed by atoms with Gasteiger partial charge in [0.25, 0.3) is 0 Å². The standard InChI is InChI=1S/C11H22N4O2S/c1-8(13-6-7-18(16,17)12-4)11-9(2)14-15(5)10(11)3/h8,12-13H,6-7H2,1-5H3. The van der Waals surface area contributed by atoms with Gasteiger partial charge < -0.3 is 5.32 Å². The van der Waals surface area contributed by atoms with Crippen molar-refractivity contribution in [3.63, 3.8) is 0 Å². The SMILES string of the molecule is CNS(=O)(=O)CCNC(C)c1c(C)nn(C)c1C. The van der Waals surface area contributed by atoms with Crippen molar-refractivity contribution in [1.29, 1.82) is 0 Å². The van der Waals surface area contributed by atoms with Gasteiger partial charge in [-0.3, -0.25) is 4.68 Å². The first-order chi connectivity index (χ1) is 8.28. The number of aryl methyl sites for hydroxylation is 2. The van der Waals surface area contributed by atoms with Gasteiger partial charge in [0.2, 0.25) is 10.0 Å². The summed E-state index contributed by atoms with van der Waals surface area (Å²) in [6.07, 6.45) is 0. The number of aromatic nitrogens is 2. The smallest absolute Gasteiger partial charge is 0.212 e. The first-order valence-corrected chi connectivity index (χ1v) is 7.58. The molecule has 0 saturated carbocycles. The minimum Gasteiger partial charge on any atom is -0.309 e. The second kappa shape index (κ2) is 5.81. The summed E-state index contributed by atoms with van der Waals surface area (Å²) in [7, 11) is 0.186. The van der Waals surface area contributed by atoms with Crippen molar-refractivity contribution in [3.05, 3.63) is 17.0 Å². The average molecular weight is 274 g/mol. The van der Waals surface area contributed by atoms with Crippen molar-refractivity contribution in [1.82, 2.24) is 19.8 Å². The maximum Gasteiger partial charge on any atom is 0.212 e. The predicted octanol–water partition coefficient (Wildman–Crippen LogP) is 0.237. The Bertz CT molecular complexity index is 507. The van der Waals surface area contributed by atoms with Crippen molar-refractivity contribution in [2.45, 2.75) is 26.8 Å². The van der Waals surface area contributed by atoms with E-state index in [1.165, 1.54) is 7.05 Å². The topological polar surface area (TPSA) is 76.0 Å². The molecule has 1 unspecified atom stereocenters. The molecule has 1 aromatic heterocycles. The maximum atomic E-state index is 11.3. The van der Waals surface area contributed by atoms with E-state index in [9.17, 15) is 8.42 Å². The van der Waals surface area contributed by atoms with E-state index in [0.717, 1.165) is 17.0 Å². The van der Waals surface area contributed by atoms with Crippen molar-refractivity contribution < 1.29 is 8.42 Å². The molecular formula is C11H22N4O2S. The third kappa shape index (κ3) is 3.54. The fourth-order valence-corrected chi connectivity index (χ4v) is 2.62. The van der Waals surface area contributed by atoms with E-state index in [1.807, 2.05) is 32.5 Å². The molecule has 0 amide bonds. The Morgan fingerprint density at radius 1 is 1.39 bits per heavy atom. The molecule has 0 aliphatic carbocycles. The van der Waals surface area contributed by atoms with E-state index >= 15 is 0 Å². The Morgan fingerprint density at radius 3 is 2.44 bits per heavy atom. The number of nitrogens with one attached hydrogen (secondary N) is 2. The van der Waals surface area contributed by atoms with Crippen LogP contribution < -0.4 is 10.0 Å². The molecule has 0 fully saturated rings. The highest BCUT2D eigenvalue weighted by molar-refractivity contribution is 7.89. The van der Waals surface area contributed by atoms with Crippen molar-refractivity contribution >= 4 is 10.0 Å². The highest BCUT2D eigenvalue weighted by Crippen LogP contribution is 2.20. The Kier molecular flexibility index (Phi) is 4.89. The van der Waals surface area contributed by atoms with Gasteiger partial charge in [0.1, 0.15) is 0 Å². The largest absolute Gasteiger partial charge is 0.309 e. The average Bonchev–Trinajstić information content (AvgIpc) is 2.53. The van der Waals surface area contributed by atoms with Crippen molar-refractivity contribution in [2.75, 3.05) is 19.3 Å². The van der Waals surface area contributed by atoms with Gasteiger partial charge in [-0.1, -0.05) is 0 Å². The molecule has 7 heteroatoms. The lowest BCUT2D eigenvalue weighted by atomic mass is 10.1. The molecule has 1 aromatic rings. The number of hydrogen-bond donors (Lipinski definition) is 2. The number of sulfonamides is 1. The summed E-state index contributed by atoms with van der Waals surface area (Å²) in [6, 6.07) is 0.0887. The molecule has 0 spiro atoms. The minimum atomic E-state index is -3.15. The molecule has 0 bridgehead atoms. The Hall–Kier alpha value is -0.920. The summed E-state index contributed by atoms with van der Waals surface area (Å²) in [6.45, 7) is 6.41. The van der Waals surface area contributed by atoms with Crippen LogP contribution in [0.5, 0.6) is 0 Å². The molecular weight excluding hydrogens is 252 g/mol. The highest BCUT2D eigenvalue weighted by atomic mass is 32.2. The molecule has 2 N–H and O–H groups in total. The molecule has 18 heavy (non-hydrogen) atoms. The van der Waals surface area contributed by atoms with Gasteiger partial charge in [0.15, 0.2) is 0 Å². The molecule has 0 radical (unpaired) electrons. The molecule has 0 aliphatic heterocycles. The van der Waals surface area contributed by atoms with Gasteiger partial charge in [-0.25, -0.2) is 13.1 Å². The molecule has 0 aromatic carbocycles. The number of nitrogens with zero attached hydrogens (tertiary/aromatic N) is 2. The highest BCUT2D eigenvalue weighted by Gasteiger charge is 2.16. The summed E-state index contributed by atoms with van der Waals surface area (Å²) in [5.41, 5.74) is 3.22. The van der Waals surface area contributed by atoms with Gasteiger partial charge in [-0.15, -0.1) is 0 Å². The van der Waals surface area contributed by atoms with E-state index in [2.05, 4.69) is 15.1 Å². The lowest BCUT2D eigenvalue weighted by molar-refractivity contribution is 0.564. The third-order valence-electron chi connectivity index (χ3n) is 3.13. The minimum absolute atomic E-state index is 0.0756. The van der Waals surface area contributed by atoms with Crippen LogP contribution in [0.3, 0.4) is 0 Å². The monoisotopic (exact) mass is 274 g/mol. The van der Waals surface area contributed by atoms with Crippen molar-refractivity contribution in [3.8, 4) is 0 Å². The Labute approximate surface area is 109 Å². The van der Waals surface area contributed by atoms with Crippen LogP contribution in [-0.4, -0.2) is 37.5 Å². The third-order valence-corrected chi connectivity index (χ3v) is 4.49. The normalized spacial score (nSPS) is 13.8.